The van der Waals surface area contributed by atoms with Gasteiger partial charge in [-0.2, -0.15) is 4.58 Å². The molecule has 0 aromatic heterocycles. The maximum absolute atomic E-state index is 13.0. The summed E-state index contributed by atoms with van der Waals surface area (Å²) in [6, 6.07) is 5.69. The summed E-state index contributed by atoms with van der Waals surface area (Å²) in [5.74, 6) is -0.877. The zero-order valence-electron chi connectivity index (χ0n) is 18.3. The Morgan fingerprint density at radius 2 is 1.79 bits per heavy atom. The van der Waals surface area contributed by atoms with E-state index in [1.54, 1.807) is 29.8 Å². The van der Waals surface area contributed by atoms with Gasteiger partial charge in [0, 0.05) is 38.5 Å². The summed E-state index contributed by atoms with van der Waals surface area (Å²) in [7, 11) is 1.57. The van der Waals surface area contributed by atoms with Crippen LogP contribution in [0.25, 0.3) is 0 Å². The zero-order chi connectivity index (χ0) is 24.2. The van der Waals surface area contributed by atoms with Gasteiger partial charge in [-0.15, -0.1) is 13.2 Å². The third-order valence-corrected chi connectivity index (χ3v) is 7.26. The van der Waals surface area contributed by atoms with Gasteiger partial charge in [0.25, 0.3) is 0 Å². The Morgan fingerprint density at radius 3 is 2.41 bits per heavy atom. The van der Waals surface area contributed by atoms with Crippen molar-refractivity contribution in [1.29, 1.82) is 0 Å². The number of rotatable bonds is 4. The lowest BCUT2D eigenvalue weighted by Gasteiger charge is -2.40. The molecule has 1 aromatic carbocycles. The highest BCUT2D eigenvalue weighted by molar-refractivity contribution is 6.41. The van der Waals surface area contributed by atoms with E-state index in [0.29, 0.717) is 30.3 Å². The molecule has 4 aliphatic heterocycles. The van der Waals surface area contributed by atoms with E-state index in [-0.39, 0.29) is 23.9 Å². The second kappa shape index (κ2) is 8.49. The van der Waals surface area contributed by atoms with Gasteiger partial charge in [-0.1, -0.05) is 23.7 Å². The molecule has 4 atom stereocenters. The summed E-state index contributed by atoms with van der Waals surface area (Å²) >= 11 is 6.10. The van der Waals surface area contributed by atoms with Gasteiger partial charge in [-0.25, -0.2) is 4.79 Å². The number of ether oxygens (including phenoxy) is 1. The monoisotopic (exact) mass is 495 g/mol. The second-order valence-electron chi connectivity index (χ2n) is 9.08. The number of benzene rings is 1. The number of dihydropyridines is 1. The van der Waals surface area contributed by atoms with Crippen molar-refractivity contribution >= 4 is 35.5 Å². The number of alkyl halides is 3. The number of nitrogens with zero attached hydrogens (tertiary/aromatic N) is 4. The molecule has 2 amide bonds. The van der Waals surface area contributed by atoms with Crippen LogP contribution in [0.15, 0.2) is 40.4 Å². The number of hydrogen-bond donors (Lipinski definition) is 0. The molecule has 1 aromatic rings. The number of carbonyl (C=O) groups is 2. The van der Waals surface area contributed by atoms with E-state index in [9.17, 15) is 22.8 Å². The molecule has 11 heteroatoms. The Hall–Kier alpha value is -2.72. The smallest absolute Gasteiger partial charge is 0.406 e. The van der Waals surface area contributed by atoms with E-state index < -0.39 is 24.2 Å². The second-order valence-corrected chi connectivity index (χ2v) is 9.51. The van der Waals surface area contributed by atoms with Crippen molar-refractivity contribution in [2.45, 2.75) is 62.8 Å². The molecular formula is C23H23ClF3N4O3+. The predicted octanol–water partition coefficient (Wildman–Crippen LogP) is 3.07. The number of fused-ring (bicyclic) bond motifs is 3. The van der Waals surface area contributed by atoms with E-state index in [4.69, 9.17) is 11.6 Å². The van der Waals surface area contributed by atoms with Gasteiger partial charge in [0.2, 0.25) is 0 Å². The highest BCUT2D eigenvalue weighted by Gasteiger charge is 2.51. The molecule has 0 aliphatic carbocycles. The molecule has 7 nitrogen and oxygen atoms in total. The molecule has 34 heavy (non-hydrogen) atoms. The van der Waals surface area contributed by atoms with Crippen LogP contribution >= 0.6 is 11.6 Å². The number of halogens is 4. The fourth-order valence-corrected chi connectivity index (χ4v) is 5.69. The molecule has 2 unspecified atom stereocenters. The molecule has 180 valence electrons. The number of aliphatic imine (C=N–C) groups is 1. The number of likely N-dealkylation sites (N-methyl/N-ethyl adjacent to an activating group) is 1. The van der Waals surface area contributed by atoms with E-state index in [1.807, 2.05) is 0 Å². The summed E-state index contributed by atoms with van der Waals surface area (Å²) in [5.41, 5.74) is 0.891. The molecule has 0 N–H and O–H groups in total. The van der Waals surface area contributed by atoms with Crippen molar-refractivity contribution in [2.75, 3.05) is 7.05 Å². The topological polar surface area (TPSA) is 65.2 Å². The number of piperidine rings is 1. The molecule has 4 heterocycles. The van der Waals surface area contributed by atoms with Crippen LogP contribution in [0.1, 0.15) is 31.2 Å². The van der Waals surface area contributed by atoms with Crippen LogP contribution in [0, 0.1) is 0 Å². The fraction of sp³-hybridized carbons (Fsp3) is 0.478. The van der Waals surface area contributed by atoms with Gasteiger partial charge < -0.3 is 9.64 Å². The minimum atomic E-state index is -4.72. The van der Waals surface area contributed by atoms with Gasteiger partial charge >= 0.3 is 24.0 Å². The first-order valence-corrected chi connectivity index (χ1v) is 11.5. The van der Waals surface area contributed by atoms with Gasteiger partial charge in [0.05, 0.1) is 5.03 Å². The Bertz CT molecular complexity index is 1100. The third kappa shape index (κ3) is 4.24. The summed E-state index contributed by atoms with van der Waals surface area (Å²) in [4.78, 5) is 33.8. The zero-order valence-corrected chi connectivity index (χ0v) is 19.1. The average molecular weight is 496 g/mol. The minimum absolute atomic E-state index is 0.151. The Balaban J connectivity index is 1.34. The van der Waals surface area contributed by atoms with Crippen molar-refractivity contribution in [2.24, 2.45) is 4.99 Å². The number of hydrogen-bond acceptors (Lipinski definition) is 5. The summed E-state index contributed by atoms with van der Waals surface area (Å²) in [6.45, 7) is 0.597. The predicted molar refractivity (Wildman–Crippen MR) is 118 cm³/mol. The van der Waals surface area contributed by atoms with Crippen LogP contribution in [-0.4, -0.2) is 75.8 Å². The number of amidine groups is 1. The van der Waals surface area contributed by atoms with E-state index in [2.05, 4.69) is 14.6 Å². The Labute approximate surface area is 199 Å². The first-order chi connectivity index (χ1) is 16.1. The molecule has 0 spiro atoms. The molecule has 5 rings (SSSR count). The third-order valence-electron chi connectivity index (χ3n) is 7.03. The van der Waals surface area contributed by atoms with Crippen LogP contribution in [0.3, 0.4) is 0 Å². The van der Waals surface area contributed by atoms with Crippen LogP contribution in [-0.2, 0) is 16.1 Å². The standard InChI is InChI=1S/C23H23ClF3N4O3/c1-29-19-8-14(24)11-28-20(19)31(22(33)21(29)32)17-9-15-4-5-16(10-17)30(15)12-13-2-6-18(7-3-13)34-23(25,26)27/h2-3,6-8,11,15-17,19H,4-5,9-10,12H2,1H3/q+1/t15-,16+,17?,19?. The van der Waals surface area contributed by atoms with E-state index in [1.165, 1.54) is 23.2 Å². The molecule has 4 aliphatic rings. The van der Waals surface area contributed by atoms with Crippen molar-refractivity contribution in [1.82, 2.24) is 9.80 Å². The van der Waals surface area contributed by atoms with Crippen molar-refractivity contribution in [3.63, 3.8) is 0 Å². The highest BCUT2D eigenvalue weighted by atomic mass is 35.5. The quantitative estimate of drug-likeness (QED) is 0.476. The maximum atomic E-state index is 13.0. The molecule has 2 saturated heterocycles. The first kappa shape index (κ1) is 23.0. The molecule has 0 saturated carbocycles. The largest absolute Gasteiger partial charge is 0.573 e. The van der Waals surface area contributed by atoms with Crippen molar-refractivity contribution < 1.29 is 32.1 Å². The Morgan fingerprint density at radius 1 is 1.15 bits per heavy atom. The normalized spacial score (nSPS) is 29.4. The van der Waals surface area contributed by atoms with E-state index in [0.717, 1.165) is 18.4 Å². The lowest BCUT2D eigenvalue weighted by molar-refractivity contribution is -0.496. The number of amides is 2. The van der Waals surface area contributed by atoms with E-state index >= 15 is 0 Å². The van der Waals surface area contributed by atoms with Gasteiger partial charge in [-0.3, -0.25) is 9.69 Å². The summed E-state index contributed by atoms with van der Waals surface area (Å²) < 4.78 is 42.7. The lowest BCUT2D eigenvalue weighted by Crippen LogP contribution is -2.60. The van der Waals surface area contributed by atoms with Crippen LogP contribution < -0.4 is 4.74 Å². The molecule has 2 fully saturated rings. The van der Waals surface area contributed by atoms with Crippen molar-refractivity contribution in [3.8, 4) is 5.75 Å². The number of allylic oxidation sites excluding steroid dienone is 1. The minimum Gasteiger partial charge on any atom is -0.406 e. The lowest BCUT2D eigenvalue weighted by atomic mass is 9.94. The number of carbonyl (C=O) groups excluding carboxylic acids is 2. The summed E-state index contributed by atoms with van der Waals surface area (Å²) in [5, 5.41) is 0.421. The van der Waals surface area contributed by atoms with Crippen molar-refractivity contribution in [3.05, 3.63) is 40.9 Å². The van der Waals surface area contributed by atoms with Crippen LogP contribution in [0.2, 0.25) is 0 Å². The summed E-state index contributed by atoms with van der Waals surface area (Å²) in [6.07, 6.45) is 1.80. The Kier molecular flexibility index (Phi) is 5.76. The van der Waals surface area contributed by atoms with Gasteiger partial charge in [-0.05, 0) is 41.6 Å². The highest BCUT2D eigenvalue weighted by Crippen LogP contribution is 2.39. The van der Waals surface area contributed by atoms with Crippen LogP contribution in [0.5, 0.6) is 5.75 Å². The van der Waals surface area contributed by atoms with Crippen LogP contribution in [0.4, 0.5) is 13.2 Å². The molecule has 2 bridgehead atoms. The molecular weight excluding hydrogens is 473 g/mol. The maximum Gasteiger partial charge on any atom is 0.573 e. The molecule has 0 radical (unpaired) electrons. The fourth-order valence-electron chi connectivity index (χ4n) is 5.52. The average Bonchev–Trinajstić information content (AvgIpc) is 3.00. The first-order valence-electron chi connectivity index (χ1n) is 11.1. The van der Waals surface area contributed by atoms with Gasteiger partial charge in [0.1, 0.15) is 11.8 Å². The van der Waals surface area contributed by atoms with Gasteiger partial charge in [0.15, 0.2) is 12.3 Å². The SMILES string of the molecule is CN1C(=O)C(=O)[N+](C2C[C@H]3CC[C@@H](C2)N3Cc2ccc(OC(F)(F)F)cc2)=C2N=CC(Cl)=CC21.